The first-order valence-electron chi connectivity index (χ1n) is 8.78. The van der Waals surface area contributed by atoms with E-state index in [0.717, 1.165) is 43.2 Å². The highest BCUT2D eigenvalue weighted by molar-refractivity contribution is 5.46. The van der Waals surface area contributed by atoms with Crippen molar-refractivity contribution >= 4 is 11.5 Å². The highest BCUT2D eigenvalue weighted by atomic mass is 15.4. The lowest BCUT2D eigenvalue weighted by Crippen LogP contribution is -2.23. The van der Waals surface area contributed by atoms with Crippen molar-refractivity contribution in [1.29, 1.82) is 0 Å². The summed E-state index contributed by atoms with van der Waals surface area (Å²) in [6, 6.07) is 4.54. The summed E-state index contributed by atoms with van der Waals surface area (Å²) in [5, 5.41) is 12.9. The van der Waals surface area contributed by atoms with E-state index in [4.69, 9.17) is 5.10 Å². The monoisotopic (exact) mass is 323 g/mol. The Kier molecular flexibility index (Phi) is 3.08. The van der Waals surface area contributed by atoms with Crippen molar-refractivity contribution in [3.05, 3.63) is 35.7 Å². The second-order valence-electron chi connectivity index (χ2n) is 6.85. The van der Waals surface area contributed by atoms with E-state index < -0.39 is 0 Å². The van der Waals surface area contributed by atoms with Crippen LogP contribution in [0.15, 0.2) is 18.5 Å². The minimum absolute atomic E-state index is 0.499. The molecule has 5 rings (SSSR count). The number of hydrogen-bond acceptors (Lipinski definition) is 5. The van der Waals surface area contributed by atoms with E-state index in [1.54, 1.807) is 0 Å². The molecule has 0 bridgehead atoms. The predicted molar refractivity (Wildman–Crippen MR) is 90.3 cm³/mol. The maximum Gasteiger partial charge on any atom is 0.178 e. The van der Waals surface area contributed by atoms with E-state index in [-0.39, 0.29) is 0 Å². The highest BCUT2D eigenvalue weighted by Crippen LogP contribution is 2.30. The van der Waals surface area contributed by atoms with Crippen LogP contribution in [0.4, 0.5) is 5.82 Å². The van der Waals surface area contributed by atoms with E-state index in [1.165, 1.54) is 30.7 Å². The second-order valence-corrected chi connectivity index (χ2v) is 6.85. The molecular weight excluding hydrogens is 302 g/mol. The Morgan fingerprint density at radius 2 is 2.04 bits per heavy atom. The van der Waals surface area contributed by atoms with Crippen LogP contribution in [0.25, 0.3) is 5.65 Å². The first-order chi connectivity index (χ1) is 11.8. The molecule has 1 atom stereocenters. The zero-order chi connectivity index (χ0) is 16.1. The number of hydrogen-bond donors (Lipinski definition) is 0. The predicted octanol–water partition coefficient (Wildman–Crippen LogP) is 1.96. The van der Waals surface area contributed by atoms with Gasteiger partial charge in [0.25, 0.3) is 0 Å². The number of rotatable bonds is 2. The Bertz CT molecular complexity index is 894. The normalized spacial score (nSPS) is 20.7. The fourth-order valence-corrected chi connectivity index (χ4v) is 4.04. The van der Waals surface area contributed by atoms with Crippen molar-refractivity contribution in [3.63, 3.8) is 0 Å². The third-order valence-electron chi connectivity index (χ3n) is 5.35. The van der Waals surface area contributed by atoms with Crippen molar-refractivity contribution in [2.75, 3.05) is 18.0 Å². The number of aryl methyl sites for hydroxylation is 2. The lowest BCUT2D eigenvalue weighted by Gasteiger charge is -2.20. The third kappa shape index (κ3) is 2.11. The van der Waals surface area contributed by atoms with E-state index in [2.05, 4.69) is 37.0 Å². The Hall–Kier alpha value is -2.44. The molecular formula is C17H21N7. The summed E-state index contributed by atoms with van der Waals surface area (Å²) in [6.45, 7) is 3.95. The minimum Gasteiger partial charge on any atom is -0.353 e. The van der Waals surface area contributed by atoms with Gasteiger partial charge in [-0.25, -0.2) is 4.98 Å². The van der Waals surface area contributed by atoms with Crippen molar-refractivity contribution in [2.24, 2.45) is 0 Å². The minimum atomic E-state index is 0.499. The highest BCUT2D eigenvalue weighted by Gasteiger charge is 2.28. The van der Waals surface area contributed by atoms with Crippen LogP contribution >= 0.6 is 0 Å². The van der Waals surface area contributed by atoms with Gasteiger partial charge in [0.1, 0.15) is 5.82 Å². The molecule has 0 radical (unpaired) electrons. The molecule has 0 N–H and O–H groups in total. The van der Waals surface area contributed by atoms with Crippen LogP contribution in [0, 0.1) is 6.92 Å². The standard InChI is InChI=1S/C17H21N7/c1-12-19-20-16-6-7-17(21-24(12)16)22-9-8-13(10-22)23-11-18-14-4-2-3-5-15(14)23/h6-7,11,13H,2-5,8-10H2,1H3/t13-/m0/s1. The van der Waals surface area contributed by atoms with E-state index in [9.17, 15) is 0 Å². The number of imidazole rings is 1. The van der Waals surface area contributed by atoms with Gasteiger partial charge in [0, 0.05) is 18.8 Å². The fourth-order valence-electron chi connectivity index (χ4n) is 4.04. The van der Waals surface area contributed by atoms with Crippen molar-refractivity contribution in [3.8, 4) is 0 Å². The number of fused-ring (bicyclic) bond motifs is 2. The van der Waals surface area contributed by atoms with Gasteiger partial charge in [0.15, 0.2) is 11.5 Å². The van der Waals surface area contributed by atoms with Gasteiger partial charge in [-0.3, -0.25) is 0 Å². The van der Waals surface area contributed by atoms with Crippen LogP contribution in [0.2, 0.25) is 0 Å². The van der Waals surface area contributed by atoms with Gasteiger partial charge in [-0.2, -0.15) is 4.52 Å². The average molecular weight is 323 g/mol. The number of aromatic nitrogens is 6. The van der Waals surface area contributed by atoms with E-state index >= 15 is 0 Å². The van der Waals surface area contributed by atoms with E-state index in [1.807, 2.05) is 17.5 Å². The van der Waals surface area contributed by atoms with Crippen LogP contribution in [0.5, 0.6) is 0 Å². The largest absolute Gasteiger partial charge is 0.353 e. The smallest absolute Gasteiger partial charge is 0.178 e. The Labute approximate surface area is 140 Å². The zero-order valence-corrected chi connectivity index (χ0v) is 13.9. The molecule has 3 aromatic heterocycles. The molecule has 7 heteroatoms. The molecule has 124 valence electrons. The van der Waals surface area contributed by atoms with Gasteiger partial charge in [-0.05, 0) is 51.2 Å². The maximum atomic E-state index is 4.71. The molecule has 0 spiro atoms. The molecule has 24 heavy (non-hydrogen) atoms. The topological polar surface area (TPSA) is 64.1 Å². The van der Waals surface area contributed by atoms with Gasteiger partial charge in [-0.1, -0.05) is 0 Å². The lowest BCUT2D eigenvalue weighted by atomic mass is 10.0. The third-order valence-corrected chi connectivity index (χ3v) is 5.35. The van der Waals surface area contributed by atoms with Crippen LogP contribution in [-0.4, -0.2) is 42.5 Å². The fraction of sp³-hybridized carbons (Fsp3) is 0.529. The summed E-state index contributed by atoms with van der Waals surface area (Å²) in [4.78, 5) is 7.01. The van der Waals surface area contributed by atoms with Crippen molar-refractivity contribution in [1.82, 2.24) is 29.4 Å². The molecule has 0 unspecified atom stereocenters. The SMILES string of the molecule is Cc1nnc2ccc(N3CC[C@H](n4cnc5c4CCCC5)C3)nn12. The van der Waals surface area contributed by atoms with Crippen molar-refractivity contribution < 1.29 is 0 Å². The van der Waals surface area contributed by atoms with Gasteiger partial charge >= 0.3 is 0 Å². The first kappa shape index (κ1) is 13.9. The summed E-state index contributed by atoms with van der Waals surface area (Å²) in [7, 11) is 0. The molecule has 1 aliphatic carbocycles. The summed E-state index contributed by atoms with van der Waals surface area (Å²) >= 11 is 0. The number of nitrogens with zero attached hydrogens (tertiary/aromatic N) is 7. The molecule has 4 heterocycles. The zero-order valence-electron chi connectivity index (χ0n) is 13.9. The Balaban J connectivity index is 1.41. The van der Waals surface area contributed by atoms with Crippen molar-refractivity contribution in [2.45, 2.75) is 45.1 Å². The summed E-state index contributed by atoms with van der Waals surface area (Å²) < 4.78 is 4.25. The van der Waals surface area contributed by atoms with Gasteiger partial charge in [0.2, 0.25) is 0 Å². The molecule has 3 aromatic rings. The summed E-state index contributed by atoms with van der Waals surface area (Å²) in [5.41, 5.74) is 3.58. The summed E-state index contributed by atoms with van der Waals surface area (Å²) in [6.07, 6.45) is 8.09. The van der Waals surface area contributed by atoms with Crippen LogP contribution in [0.3, 0.4) is 0 Å². The Morgan fingerprint density at radius 3 is 3.00 bits per heavy atom. The molecule has 0 amide bonds. The maximum absolute atomic E-state index is 4.71. The lowest BCUT2D eigenvalue weighted by molar-refractivity contribution is 0.514. The van der Waals surface area contributed by atoms with Gasteiger partial charge < -0.3 is 9.47 Å². The van der Waals surface area contributed by atoms with Crippen LogP contribution in [0.1, 0.15) is 42.5 Å². The van der Waals surface area contributed by atoms with E-state index in [0.29, 0.717) is 6.04 Å². The number of anilines is 1. The molecule has 7 nitrogen and oxygen atoms in total. The Morgan fingerprint density at radius 1 is 1.12 bits per heavy atom. The van der Waals surface area contributed by atoms with Gasteiger partial charge in [-0.15, -0.1) is 15.3 Å². The van der Waals surface area contributed by atoms with Crippen LogP contribution in [-0.2, 0) is 12.8 Å². The molecule has 1 fully saturated rings. The molecule has 0 aromatic carbocycles. The first-order valence-corrected chi connectivity index (χ1v) is 8.78. The summed E-state index contributed by atoms with van der Waals surface area (Å²) in [5.74, 6) is 1.83. The molecule has 1 aliphatic heterocycles. The molecule has 0 saturated carbocycles. The molecule has 1 saturated heterocycles. The second kappa shape index (κ2) is 5.29. The van der Waals surface area contributed by atoms with Crippen LogP contribution < -0.4 is 4.90 Å². The molecule has 2 aliphatic rings. The average Bonchev–Trinajstić information content (AvgIpc) is 3.33. The quantitative estimate of drug-likeness (QED) is 0.721. The van der Waals surface area contributed by atoms with Gasteiger partial charge in [0.05, 0.1) is 18.1 Å².